The molecule has 4 heteroatoms. The first-order valence-corrected chi connectivity index (χ1v) is 7.25. The summed E-state index contributed by atoms with van der Waals surface area (Å²) in [6, 6.07) is 0.271. The van der Waals surface area contributed by atoms with Crippen molar-refractivity contribution in [1.82, 2.24) is 9.80 Å². The second-order valence-corrected chi connectivity index (χ2v) is 7.16. The maximum atomic E-state index is 12.3. The van der Waals surface area contributed by atoms with E-state index in [4.69, 9.17) is 0 Å². The average molecular weight is 242 g/mol. The van der Waals surface area contributed by atoms with Gasteiger partial charge in [0.25, 0.3) is 0 Å². The van der Waals surface area contributed by atoms with Crippen LogP contribution in [-0.2, 0) is 0 Å². The molecule has 0 N–H and O–H groups in total. The third kappa shape index (κ3) is 2.84. The van der Waals surface area contributed by atoms with Crippen molar-refractivity contribution < 1.29 is 4.79 Å². The zero-order chi connectivity index (χ0) is 11.6. The molecule has 0 spiro atoms. The molecular weight excluding hydrogens is 220 g/mol. The van der Waals surface area contributed by atoms with Crippen molar-refractivity contribution in [3.05, 3.63) is 0 Å². The molecule has 0 aromatic heterocycles. The van der Waals surface area contributed by atoms with Crippen molar-refractivity contribution in [1.29, 1.82) is 0 Å². The molecule has 2 fully saturated rings. The van der Waals surface area contributed by atoms with Gasteiger partial charge in [0.15, 0.2) is 0 Å². The number of hydrogen-bond donors (Lipinski definition) is 0. The van der Waals surface area contributed by atoms with Crippen LogP contribution in [0.25, 0.3) is 0 Å². The fourth-order valence-electron chi connectivity index (χ4n) is 2.46. The second kappa shape index (κ2) is 4.86. The molecule has 0 bridgehead atoms. The summed E-state index contributed by atoms with van der Waals surface area (Å²) in [5, 5.41) is 0. The number of hydrogen-bond acceptors (Lipinski definition) is 2. The molecule has 92 valence electrons. The van der Waals surface area contributed by atoms with Crippen molar-refractivity contribution in [2.24, 2.45) is 0 Å². The van der Waals surface area contributed by atoms with Crippen LogP contribution >= 0.6 is 11.8 Å². The normalized spacial score (nSPS) is 25.6. The Balaban J connectivity index is 1.93. The van der Waals surface area contributed by atoms with Crippen LogP contribution in [0.4, 0.5) is 4.79 Å². The quantitative estimate of drug-likeness (QED) is 0.651. The lowest BCUT2D eigenvalue weighted by molar-refractivity contribution is 0.141. The van der Waals surface area contributed by atoms with Gasteiger partial charge in [0.05, 0.1) is 0 Å². The average Bonchev–Trinajstić information content (AvgIpc) is 2.28. The first-order chi connectivity index (χ1) is 7.58. The third-order valence-corrected chi connectivity index (χ3v) is 4.62. The van der Waals surface area contributed by atoms with E-state index in [2.05, 4.69) is 13.8 Å². The maximum Gasteiger partial charge on any atom is 0.320 e. The standard InChI is InChI=1S/C12H22N2OS/c1-12(2)10-14(8-9-16-12)11(15)13-6-4-3-5-7-13/h3-10H2,1-2H3. The molecule has 0 atom stereocenters. The maximum absolute atomic E-state index is 12.3. The lowest BCUT2D eigenvalue weighted by atomic mass is 10.1. The molecule has 0 aromatic carbocycles. The van der Waals surface area contributed by atoms with E-state index in [1.54, 1.807) is 0 Å². The zero-order valence-corrected chi connectivity index (χ0v) is 11.2. The van der Waals surface area contributed by atoms with Crippen molar-refractivity contribution in [3.8, 4) is 0 Å². The van der Waals surface area contributed by atoms with E-state index in [-0.39, 0.29) is 10.8 Å². The van der Waals surface area contributed by atoms with E-state index in [0.717, 1.165) is 31.9 Å². The summed E-state index contributed by atoms with van der Waals surface area (Å²) < 4.78 is 0.226. The monoisotopic (exact) mass is 242 g/mol. The largest absolute Gasteiger partial charge is 0.325 e. The topological polar surface area (TPSA) is 23.6 Å². The van der Waals surface area contributed by atoms with E-state index in [1.807, 2.05) is 21.6 Å². The van der Waals surface area contributed by atoms with Crippen LogP contribution in [0.5, 0.6) is 0 Å². The molecule has 16 heavy (non-hydrogen) atoms. The van der Waals surface area contributed by atoms with Crippen molar-refractivity contribution >= 4 is 17.8 Å². The summed E-state index contributed by atoms with van der Waals surface area (Å²) >= 11 is 1.98. The number of piperidine rings is 1. The minimum Gasteiger partial charge on any atom is -0.325 e. The van der Waals surface area contributed by atoms with E-state index >= 15 is 0 Å². The number of thioether (sulfide) groups is 1. The fourth-order valence-corrected chi connectivity index (χ4v) is 3.58. The highest BCUT2D eigenvalue weighted by Gasteiger charge is 2.32. The van der Waals surface area contributed by atoms with E-state index in [9.17, 15) is 4.79 Å². The molecule has 2 heterocycles. The number of nitrogens with zero attached hydrogens (tertiary/aromatic N) is 2. The molecule has 3 nitrogen and oxygen atoms in total. The molecule has 0 aliphatic carbocycles. The van der Waals surface area contributed by atoms with Gasteiger partial charge in [-0.2, -0.15) is 11.8 Å². The molecule has 2 saturated heterocycles. The van der Waals surface area contributed by atoms with Gasteiger partial charge in [0.1, 0.15) is 0 Å². The van der Waals surface area contributed by atoms with Crippen LogP contribution in [0.2, 0.25) is 0 Å². The number of rotatable bonds is 0. The van der Waals surface area contributed by atoms with Crippen LogP contribution in [-0.4, -0.2) is 52.5 Å². The summed E-state index contributed by atoms with van der Waals surface area (Å²) in [6.45, 7) is 8.20. The molecule has 2 rings (SSSR count). The Bertz CT molecular complexity index is 262. The van der Waals surface area contributed by atoms with E-state index in [1.165, 1.54) is 19.3 Å². The highest BCUT2D eigenvalue weighted by molar-refractivity contribution is 8.00. The minimum atomic E-state index is 0.226. The predicted molar refractivity (Wildman–Crippen MR) is 68.9 cm³/mol. The lowest BCUT2D eigenvalue weighted by Crippen LogP contribution is -2.52. The summed E-state index contributed by atoms with van der Waals surface area (Å²) in [5.41, 5.74) is 0. The zero-order valence-electron chi connectivity index (χ0n) is 10.4. The number of carbonyl (C=O) groups is 1. The first-order valence-electron chi connectivity index (χ1n) is 6.26. The Morgan fingerprint density at radius 1 is 1.06 bits per heavy atom. The fraction of sp³-hybridized carbons (Fsp3) is 0.917. The molecule has 2 aliphatic rings. The molecular formula is C12H22N2OS. The van der Waals surface area contributed by atoms with Crippen LogP contribution < -0.4 is 0 Å². The first kappa shape index (κ1) is 12.1. The molecule has 2 amide bonds. The smallest absolute Gasteiger partial charge is 0.320 e. The number of carbonyl (C=O) groups excluding carboxylic acids is 1. The van der Waals surface area contributed by atoms with Gasteiger partial charge in [-0.1, -0.05) is 0 Å². The van der Waals surface area contributed by atoms with Gasteiger partial charge in [0, 0.05) is 36.7 Å². The highest BCUT2D eigenvalue weighted by Crippen LogP contribution is 2.30. The second-order valence-electron chi connectivity index (χ2n) is 5.36. The summed E-state index contributed by atoms with van der Waals surface area (Å²) in [7, 11) is 0. The van der Waals surface area contributed by atoms with Crippen LogP contribution in [0.1, 0.15) is 33.1 Å². The van der Waals surface area contributed by atoms with Gasteiger partial charge < -0.3 is 9.80 Å². The van der Waals surface area contributed by atoms with Gasteiger partial charge in [-0.3, -0.25) is 0 Å². The van der Waals surface area contributed by atoms with Gasteiger partial charge >= 0.3 is 6.03 Å². The van der Waals surface area contributed by atoms with Gasteiger partial charge in [-0.15, -0.1) is 0 Å². The third-order valence-electron chi connectivity index (χ3n) is 3.32. The Hall–Kier alpha value is -0.380. The van der Waals surface area contributed by atoms with Gasteiger partial charge in [-0.05, 0) is 33.1 Å². The highest BCUT2D eigenvalue weighted by atomic mass is 32.2. The predicted octanol–water partition coefficient (Wildman–Crippen LogP) is 2.42. The van der Waals surface area contributed by atoms with Gasteiger partial charge in [-0.25, -0.2) is 4.79 Å². The number of urea groups is 1. The van der Waals surface area contributed by atoms with Crippen molar-refractivity contribution in [2.45, 2.75) is 37.9 Å². The molecule has 0 radical (unpaired) electrons. The van der Waals surface area contributed by atoms with Crippen LogP contribution in [0.15, 0.2) is 0 Å². The van der Waals surface area contributed by atoms with Crippen LogP contribution in [0, 0.1) is 0 Å². The molecule has 0 saturated carbocycles. The Morgan fingerprint density at radius 3 is 2.38 bits per heavy atom. The lowest BCUT2D eigenvalue weighted by Gasteiger charge is -2.40. The summed E-state index contributed by atoms with van der Waals surface area (Å²) in [5.74, 6) is 1.08. The number of amides is 2. The molecule has 0 unspecified atom stereocenters. The van der Waals surface area contributed by atoms with E-state index < -0.39 is 0 Å². The Morgan fingerprint density at radius 2 is 1.75 bits per heavy atom. The molecule has 2 aliphatic heterocycles. The minimum absolute atomic E-state index is 0.226. The van der Waals surface area contributed by atoms with E-state index in [0.29, 0.717) is 0 Å². The Labute approximate surface area is 103 Å². The summed E-state index contributed by atoms with van der Waals surface area (Å²) in [6.07, 6.45) is 3.64. The SMILES string of the molecule is CC1(C)CN(C(=O)N2CCCCC2)CCS1. The number of likely N-dealkylation sites (tertiary alicyclic amines) is 1. The van der Waals surface area contributed by atoms with Crippen molar-refractivity contribution in [3.63, 3.8) is 0 Å². The van der Waals surface area contributed by atoms with Crippen LogP contribution in [0.3, 0.4) is 0 Å². The Kier molecular flexibility index (Phi) is 3.67. The van der Waals surface area contributed by atoms with Crippen molar-refractivity contribution in [2.75, 3.05) is 31.9 Å². The summed E-state index contributed by atoms with van der Waals surface area (Å²) in [4.78, 5) is 16.4. The molecule has 0 aromatic rings. The van der Waals surface area contributed by atoms with Gasteiger partial charge in [0.2, 0.25) is 0 Å².